The van der Waals surface area contributed by atoms with Crippen LogP contribution in [-0.4, -0.2) is 19.2 Å². The van der Waals surface area contributed by atoms with Gasteiger partial charge in [0.2, 0.25) is 0 Å². The van der Waals surface area contributed by atoms with E-state index in [9.17, 15) is 0 Å². The first-order valence-electron chi connectivity index (χ1n) is 6.82. The molecule has 1 atom stereocenters. The Kier molecular flexibility index (Phi) is 4.64. The lowest BCUT2D eigenvalue weighted by atomic mass is 9.92. The predicted molar refractivity (Wildman–Crippen MR) is 84.2 cm³/mol. The molecule has 2 rings (SSSR count). The van der Waals surface area contributed by atoms with Gasteiger partial charge in [-0.2, -0.15) is 0 Å². The van der Waals surface area contributed by atoms with Crippen LogP contribution >= 0.6 is 0 Å². The Balaban J connectivity index is 2.19. The molecule has 3 N–H and O–H groups in total. The van der Waals surface area contributed by atoms with Crippen LogP contribution in [0, 0.1) is 0 Å². The number of anilines is 1. The zero-order chi connectivity index (χ0) is 14.4. The van der Waals surface area contributed by atoms with E-state index in [-0.39, 0.29) is 5.54 Å². The van der Waals surface area contributed by atoms with E-state index in [4.69, 9.17) is 10.5 Å². The number of hydrogen-bond donors (Lipinski definition) is 2. The zero-order valence-corrected chi connectivity index (χ0v) is 12.1. The fourth-order valence-electron chi connectivity index (χ4n) is 2.29. The normalized spacial score (nSPS) is 13.6. The first kappa shape index (κ1) is 14.4. The van der Waals surface area contributed by atoms with Crippen molar-refractivity contribution in [3.05, 3.63) is 60.2 Å². The molecule has 0 aliphatic rings. The summed E-state index contributed by atoms with van der Waals surface area (Å²) in [6.45, 7) is 2.67. The van der Waals surface area contributed by atoms with Crippen molar-refractivity contribution in [3.63, 3.8) is 0 Å². The fourth-order valence-corrected chi connectivity index (χ4v) is 2.29. The quantitative estimate of drug-likeness (QED) is 0.848. The van der Waals surface area contributed by atoms with Crippen molar-refractivity contribution in [1.82, 2.24) is 0 Å². The molecule has 3 nitrogen and oxygen atoms in total. The van der Waals surface area contributed by atoms with Crippen molar-refractivity contribution in [2.45, 2.75) is 18.9 Å². The molecule has 20 heavy (non-hydrogen) atoms. The molecule has 0 radical (unpaired) electrons. The lowest BCUT2D eigenvalue weighted by molar-refractivity contribution is 0.413. The third kappa shape index (κ3) is 3.52. The molecule has 0 amide bonds. The van der Waals surface area contributed by atoms with Crippen LogP contribution < -0.4 is 15.8 Å². The summed E-state index contributed by atoms with van der Waals surface area (Å²) < 4.78 is 5.38. The Bertz CT molecular complexity index is 542. The van der Waals surface area contributed by atoms with Gasteiger partial charge < -0.3 is 15.8 Å². The van der Waals surface area contributed by atoms with E-state index in [1.54, 1.807) is 7.11 Å². The molecule has 0 aromatic heterocycles. The average Bonchev–Trinajstić information content (AvgIpc) is 2.49. The van der Waals surface area contributed by atoms with Crippen LogP contribution in [0.15, 0.2) is 54.6 Å². The van der Waals surface area contributed by atoms with Crippen LogP contribution in [0.3, 0.4) is 0 Å². The number of ether oxygens (including phenoxy) is 1. The van der Waals surface area contributed by atoms with Crippen LogP contribution in [0.1, 0.15) is 12.5 Å². The van der Waals surface area contributed by atoms with Gasteiger partial charge in [-0.25, -0.2) is 0 Å². The monoisotopic (exact) mass is 270 g/mol. The molecular formula is C17H22N2O. The van der Waals surface area contributed by atoms with Crippen molar-refractivity contribution in [2.75, 3.05) is 19.0 Å². The van der Waals surface area contributed by atoms with Gasteiger partial charge in [0.1, 0.15) is 5.75 Å². The summed E-state index contributed by atoms with van der Waals surface area (Å²) in [4.78, 5) is 0. The number of benzene rings is 2. The molecule has 0 aliphatic heterocycles. The molecular weight excluding hydrogens is 248 g/mol. The van der Waals surface area contributed by atoms with E-state index in [1.165, 1.54) is 5.56 Å². The van der Waals surface area contributed by atoms with Crippen molar-refractivity contribution in [1.29, 1.82) is 0 Å². The van der Waals surface area contributed by atoms with Crippen LogP contribution in [0.4, 0.5) is 5.69 Å². The molecule has 0 saturated carbocycles. The second-order valence-electron chi connectivity index (χ2n) is 5.25. The van der Waals surface area contributed by atoms with Gasteiger partial charge >= 0.3 is 0 Å². The van der Waals surface area contributed by atoms with Crippen molar-refractivity contribution < 1.29 is 4.74 Å². The Morgan fingerprint density at radius 3 is 2.35 bits per heavy atom. The maximum atomic E-state index is 5.99. The molecule has 2 aromatic rings. The molecule has 0 spiro atoms. The van der Waals surface area contributed by atoms with Gasteiger partial charge in [0.05, 0.1) is 18.3 Å². The van der Waals surface area contributed by atoms with Gasteiger partial charge in [-0.05, 0) is 31.0 Å². The SMILES string of the molecule is COc1ccccc1NC(C)(CN)Cc1ccccc1. The summed E-state index contributed by atoms with van der Waals surface area (Å²) in [5.74, 6) is 0.834. The summed E-state index contributed by atoms with van der Waals surface area (Å²) in [6, 6.07) is 18.3. The summed E-state index contributed by atoms with van der Waals surface area (Å²) in [5.41, 5.74) is 8.02. The first-order chi connectivity index (χ1) is 9.67. The highest BCUT2D eigenvalue weighted by molar-refractivity contribution is 5.57. The third-order valence-corrected chi connectivity index (χ3v) is 3.43. The highest BCUT2D eigenvalue weighted by Crippen LogP contribution is 2.27. The second kappa shape index (κ2) is 6.44. The molecule has 3 heteroatoms. The molecule has 0 bridgehead atoms. The Morgan fingerprint density at radius 1 is 1.05 bits per heavy atom. The summed E-state index contributed by atoms with van der Waals surface area (Å²) in [5, 5.41) is 3.52. The molecule has 0 saturated heterocycles. The number of rotatable bonds is 6. The smallest absolute Gasteiger partial charge is 0.141 e. The van der Waals surface area contributed by atoms with Gasteiger partial charge in [-0.3, -0.25) is 0 Å². The van der Waals surface area contributed by atoms with Crippen LogP contribution in [0.25, 0.3) is 0 Å². The molecule has 0 heterocycles. The maximum Gasteiger partial charge on any atom is 0.141 e. The van der Waals surface area contributed by atoms with E-state index in [1.807, 2.05) is 30.3 Å². The van der Waals surface area contributed by atoms with Crippen molar-refractivity contribution in [2.24, 2.45) is 5.73 Å². The third-order valence-electron chi connectivity index (χ3n) is 3.43. The second-order valence-corrected chi connectivity index (χ2v) is 5.25. The predicted octanol–water partition coefficient (Wildman–Crippen LogP) is 3.07. The lowest BCUT2D eigenvalue weighted by Gasteiger charge is -2.31. The van der Waals surface area contributed by atoms with Crippen LogP contribution in [0.5, 0.6) is 5.75 Å². The lowest BCUT2D eigenvalue weighted by Crippen LogP contribution is -2.44. The number of methoxy groups -OCH3 is 1. The number of para-hydroxylation sites is 2. The maximum absolute atomic E-state index is 5.99. The summed E-state index contributed by atoms with van der Waals surface area (Å²) in [6.07, 6.45) is 0.863. The number of nitrogens with one attached hydrogen (secondary N) is 1. The zero-order valence-electron chi connectivity index (χ0n) is 12.1. The Hall–Kier alpha value is -2.00. The number of nitrogens with two attached hydrogens (primary N) is 1. The standard InChI is InChI=1S/C17H22N2O/c1-17(13-18,12-14-8-4-3-5-9-14)19-15-10-6-7-11-16(15)20-2/h3-11,19H,12-13,18H2,1-2H3. The van der Waals surface area contributed by atoms with Gasteiger partial charge in [0.15, 0.2) is 0 Å². The molecule has 0 fully saturated rings. The van der Waals surface area contributed by atoms with E-state index in [0.717, 1.165) is 17.9 Å². The van der Waals surface area contributed by atoms with Crippen molar-refractivity contribution in [3.8, 4) is 5.75 Å². The molecule has 0 aliphatic carbocycles. The van der Waals surface area contributed by atoms with E-state index in [2.05, 4.69) is 36.5 Å². The van der Waals surface area contributed by atoms with E-state index < -0.39 is 0 Å². The minimum Gasteiger partial charge on any atom is -0.495 e. The number of hydrogen-bond acceptors (Lipinski definition) is 3. The van der Waals surface area contributed by atoms with Crippen molar-refractivity contribution >= 4 is 5.69 Å². The molecule has 2 aromatic carbocycles. The Morgan fingerprint density at radius 2 is 1.70 bits per heavy atom. The van der Waals surface area contributed by atoms with Gasteiger partial charge in [0, 0.05) is 6.54 Å². The highest BCUT2D eigenvalue weighted by atomic mass is 16.5. The van der Waals surface area contributed by atoms with Crippen LogP contribution in [-0.2, 0) is 6.42 Å². The molecule has 106 valence electrons. The first-order valence-corrected chi connectivity index (χ1v) is 6.82. The fraction of sp³-hybridized carbons (Fsp3) is 0.294. The Labute approximate surface area is 120 Å². The minimum atomic E-state index is -0.212. The summed E-state index contributed by atoms with van der Waals surface area (Å²) >= 11 is 0. The molecule has 1 unspecified atom stereocenters. The van der Waals surface area contributed by atoms with E-state index in [0.29, 0.717) is 6.54 Å². The van der Waals surface area contributed by atoms with E-state index >= 15 is 0 Å². The van der Waals surface area contributed by atoms with Gasteiger partial charge in [0.25, 0.3) is 0 Å². The average molecular weight is 270 g/mol. The van der Waals surface area contributed by atoms with Gasteiger partial charge in [-0.15, -0.1) is 0 Å². The summed E-state index contributed by atoms with van der Waals surface area (Å²) in [7, 11) is 1.68. The van der Waals surface area contributed by atoms with Gasteiger partial charge in [-0.1, -0.05) is 42.5 Å². The highest BCUT2D eigenvalue weighted by Gasteiger charge is 2.23. The minimum absolute atomic E-state index is 0.212. The van der Waals surface area contributed by atoms with Crippen LogP contribution in [0.2, 0.25) is 0 Å². The topological polar surface area (TPSA) is 47.3 Å². The largest absolute Gasteiger partial charge is 0.495 e.